The molecule has 0 atom stereocenters. The van der Waals surface area contributed by atoms with Crippen molar-refractivity contribution in [2.75, 3.05) is 0 Å². The molecule has 130 valence electrons. The van der Waals surface area contributed by atoms with Crippen LogP contribution in [0.2, 0.25) is 5.02 Å². The molecule has 7 nitrogen and oxygen atoms in total. The number of Topliss-reactive ketones (excluding diaryl/α,β-unsaturated/α-hetero) is 1. The fourth-order valence-corrected chi connectivity index (χ4v) is 3.65. The van der Waals surface area contributed by atoms with Crippen molar-refractivity contribution in [2.45, 2.75) is 18.0 Å². The minimum absolute atomic E-state index is 0.0680. The zero-order valence-electron chi connectivity index (χ0n) is 12.9. The van der Waals surface area contributed by atoms with Crippen LogP contribution >= 0.6 is 11.6 Å². The molecular weight excluding hydrogens is 366 g/mol. The van der Waals surface area contributed by atoms with Crippen molar-refractivity contribution in [3.8, 4) is 0 Å². The number of hydrogen-bond donors (Lipinski definition) is 2. The van der Waals surface area contributed by atoms with Crippen LogP contribution in [0.25, 0.3) is 11.0 Å². The maximum Gasteiger partial charge on any atom is 0.239 e. The molecule has 25 heavy (non-hydrogen) atoms. The summed E-state index contributed by atoms with van der Waals surface area (Å²) in [6, 6.07) is 11.0. The SMILES string of the molecule is NS(=O)(=O)c1ccc(C(=O)Cn2c(CO)nc3ccccc32)cc1Cl. The number of carbonyl (C=O) groups excluding carboxylic acids is 1. The molecule has 0 aliphatic carbocycles. The van der Waals surface area contributed by atoms with Crippen LogP contribution in [-0.4, -0.2) is 28.9 Å². The summed E-state index contributed by atoms with van der Waals surface area (Å²) in [5.74, 6) is 0.0579. The Bertz CT molecular complexity index is 1080. The van der Waals surface area contributed by atoms with Crippen LogP contribution in [-0.2, 0) is 23.2 Å². The van der Waals surface area contributed by atoms with Crippen LogP contribution < -0.4 is 5.14 Å². The first kappa shape index (κ1) is 17.6. The number of rotatable bonds is 5. The monoisotopic (exact) mass is 379 g/mol. The first-order valence-corrected chi connectivity index (χ1v) is 9.14. The fourth-order valence-electron chi connectivity index (χ4n) is 2.56. The minimum Gasteiger partial charge on any atom is -0.388 e. The molecule has 0 bridgehead atoms. The molecule has 9 heteroatoms. The molecule has 0 fully saturated rings. The van der Waals surface area contributed by atoms with Crippen molar-refractivity contribution in [1.29, 1.82) is 0 Å². The summed E-state index contributed by atoms with van der Waals surface area (Å²) in [7, 11) is -3.96. The number of para-hydroxylation sites is 2. The van der Waals surface area contributed by atoms with Gasteiger partial charge in [-0.25, -0.2) is 18.5 Å². The predicted octanol–water partition coefficient (Wildman–Crippen LogP) is 1.71. The van der Waals surface area contributed by atoms with Gasteiger partial charge < -0.3 is 9.67 Å². The molecule has 0 unspecified atom stereocenters. The number of aromatic nitrogens is 2. The summed E-state index contributed by atoms with van der Waals surface area (Å²) in [6.45, 7) is -0.380. The molecule has 0 radical (unpaired) electrons. The lowest BCUT2D eigenvalue weighted by Gasteiger charge is -2.09. The van der Waals surface area contributed by atoms with Crippen LogP contribution in [0.3, 0.4) is 0 Å². The third kappa shape index (κ3) is 3.42. The first-order chi connectivity index (χ1) is 11.8. The molecular formula is C16H14ClN3O4S. The summed E-state index contributed by atoms with van der Waals surface area (Å²) in [5, 5.41) is 14.4. The number of nitrogens with two attached hydrogens (primary N) is 1. The number of hydrogen-bond acceptors (Lipinski definition) is 5. The second kappa shape index (κ2) is 6.57. The third-order valence-electron chi connectivity index (χ3n) is 3.74. The fraction of sp³-hybridized carbons (Fsp3) is 0.125. The van der Waals surface area contributed by atoms with Crippen LogP contribution in [0, 0.1) is 0 Å². The van der Waals surface area contributed by atoms with Gasteiger partial charge in [0, 0.05) is 5.56 Å². The molecule has 3 rings (SSSR count). The highest BCUT2D eigenvalue weighted by atomic mass is 35.5. The van der Waals surface area contributed by atoms with Gasteiger partial charge >= 0.3 is 0 Å². The molecule has 3 N–H and O–H groups in total. The van der Waals surface area contributed by atoms with Gasteiger partial charge in [0.05, 0.1) is 22.6 Å². The summed E-state index contributed by atoms with van der Waals surface area (Å²) in [4.78, 5) is 16.6. The standard InChI is InChI=1S/C16H14ClN3O4S/c17-11-7-10(5-6-15(11)25(18,23)24)14(22)8-20-13-4-2-1-3-12(13)19-16(20)9-21/h1-7,21H,8-9H2,(H2,18,23,24). The number of sulfonamides is 1. The van der Waals surface area contributed by atoms with E-state index in [4.69, 9.17) is 16.7 Å². The number of primary sulfonamides is 1. The summed E-state index contributed by atoms with van der Waals surface area (Å²) < 4.78 is 24.4. The van der Waals surface area contributed by atoms with Crippen LogP contribution in [0.4, 0.5) is 0 Å². The van der Waals surface area contributed by atoms with E-state index in [1.54, 1.807) is 16.7 Å². The van der Waals surface area contributed by atoms with Gasteiger partial charge in [0.1, 0.15) is 17.3 Å². The number of nitrogens with zero attached hydrogens (tertiary/aromatic N) is 2. The molecule has 3 aromatic rings. The Kier molecular flexibility index (Phi) is 4.61. The normalized spacial score (nSPS) is 11.8. The van der Waals surface area contributed by atoms with Gasteiger partial charge in [0.2, 0.25) is 10.0 Å². The zero-order valence-corrected chi connectivity index (χ0v) is 14.5. The van der Waals surface area contributed by atoms with Crippen molar-refractivity contribution in [3.05, 3.63) is 58.9 Å². The summed E-state index contributed by atoms with van der Waals surface area (Å²) in [5.41, 5.74) is 1.62. The molecule has 0 amide bonds. The van der Waals surface area contributed by atoms with E-state index in [1.807, 2.05) is 12.1 Å². The highest BCUT2D eigenvalue weighted by Gasteiger charge is 2.18. The molecule has 1 aromatic heterocycles. The average Bonchev–Trinajstić information content (AvgIpc) is 2.91. The molecule has 0 spiro atoms. The Morgan fingerprint density at radius 1 is 1.24 bits per heavy atom. The van der Waals surface area contributed by atoms with Crippen molar-refractivity contribution in [3.63, 3.8) is 0 Å². The number of aliphatic hydroxyl groups is 1. The largest absolute Gasteiger partial charge is 0.388 e. The van der Waals surface area contributed by atoms with Gasteiger partial charge in [0.25, 0.3) is 0 Å². The van der Waals surface area contributed by atoms with E-state index in [0.29, 0.717) is 16.9 Å². The van der Waals surface area contributed by atoms with Crippen LogP contribution in [0.1, 0.15) is 16.2 Å². The Hall–Kier alpha value is -2.26. The molecule has 0 saturated heterocycles. The van der Waals surface area contributed by atoms with E-state index < -0.39 is 10.0 Å². The number of ketones is 1. The maximum atomic E-state index is 12.6. The number of carbonyl (C=O) groups is 1. The van der Waals surface area contributed by atoms with Gasteiger partial charge in [-0.2, -0.15) is 0 Å². The number of benzene rings is 2. The number of halogens is 1. The average molecular weight is 380 g/mol. The second-order valence-corrected chi connectivity index (χ2v) is 7.31. The quantitative estimate of drug-likeness (QED) is 0.655. The number of aliphatic hydroxyl groups excluding tert-OH is 1. The van der Waals surface area contributed by atoms with Crippen molar-refractivity contribution in [2.24, 2.45) is 5.14 Å². The lowest BCUT2D eigenvalue weighted by molar-refractivity contribution is 0.0970. The van der Waals surface area contributed by atoms with Crippen molar-refractivity contribution >= 4 is 38.4 Å². The van der Waals surface area contributed by atoms with E-state index >= 15 is 0 Å². The van der Waals surface area contributed by atoms with Gasteiger partial charge in [-0.15, -0.1) is 0 Å². The van der Waals surface area contributed by atoms with E-state index in [0.717, 1.165) is 0 Å². The Morgan fingerprint density at radius 3 is 2.60 bits per heavy atom. The second-order valence-electron chi connectivity index (χ2n) is 5.37. The van der Waals surface area contributed by atoms with E-state index in [9.17, 15) is 18.3 Å². The lowest BCUT2D eigenvalue weighted by Crippen LogP contribution is -2.15. The van der Waals surface area contributed by atoms with Gasteiger partial charge in [0.15, 0.2) is 5.78 Å². The smallest absolute Gasteiger partial charge is 0.239 e. The van der Waals surface area contributed by atoms with Crippen LogP contribution in [0.5, 0.6) is 0 Å². The molecule has 1 heterocycles. The molecule has 0 aliphatic rings. The highest BCUT2D eigenvalue weighted by molar-refractivity contribution is 7.89. The topological polar surface area (TPSA) is 115 Å². The predicted molar refractivity (Wildman–Crippen MR) is 92.8 cm³/mol. The van der Waals surface area contributed by atoms with E-state index in [-0.39, 0.29) is 34.4 Å². The summed E-state index contributed by atoms with van der Waals surface area (Å²) >= 11 is 5.92. The van der Waals surface area contributed by atoms with E-state index in [1.165, 1.54) is 18.2 Å². The van der Waals surface area contributed by atoms with Crippen molar-refractivity contribution in [1.82, 2.24) is 9.55 Å². The highest BCUT2D eigenvalue weighted by Crippen LogP contribution is 2.23. The Balaban J connectivity index is 1.97. The molecule has 0 aliphatic heterocycles. The number of imidazole rings is 1. The van der Waals surface area contributed by atoms with Crippen molar-refractivity contribution < 1.29 is 18.3 Å². The van der Waals surface area contributed by atoms with E-state index in [2.05, 4.69) is 4.98 Å². The first-order valence-electron chi connectivity index (χ1n) is 7.22. The van der Waals surface area contributed by atoms with Gasteiger partial charge in [-0.1, -0.05) is 23.7 Å². The number of fused-ring (bicyclic) bond motifs is 1. The lowest BCUT2D eigenvalue weighted by atomic mass is 10.1. The summed E-state index contributed by atoms with van der Waals surface area (Å²) in [6.07, 6.45) is 0. The Labute approximate surface area is 148 Å². The molecule has 2 aromatic carbocycles. The minimum atomic E-state index is -3.96. The third-order valence-corrected chi connectivity index (χ3v) is 5.13. The van der Waals surface area contributed by atoms with Gasteiger partial charge in [-0.3, -0.25) is 4.79 Å². The Morgan fingerprint density at radius 2 is 1.96 bits per heavy atom. The molecule has 0 saturated carbocycles. The van der Waals surface area contributed by atoms with Crippen LogP contribution in [0.15, 0.2) is 47.4 Å². The zero-order chi connectivity index (χ0) is 18.2. The van der Waals surface area contributed by atoms with Gasteiger partial charge in [-0.05, 0) is 30.3 Å². The maximum absolute atomic E-state index is 12.6.